The number of hydrogen-bond acceptors (Lipinski definition) is 2. The Kier molecular flexibility index (Phi) is 2.56. The van der Waals surface area contributed by atoms with Gasteiger partial charge < -0.3 is 5.73 Å². The molecule has 0 saturated heterocycles. The maximum Gasteiger partial charge on any atom is 0.0838 e. The molecule has 0 aliphatic heterocycles. The lowest BCUT2D eigenvalue weighted by atomic mass is 10.0. The van der Waals surface area contributed by atoms with Crippen molar-refractivity contribution in [1.29, 1.82) is 0 Å². The van der Waals surface area contributed by atoms with Crippen LogP contribution in [0.5, 0.6) is 0 Å². The van der Waals surface area contributed by atoms with Gasteiger partial charge in [-0.2, -0.15) is 5.10 Å². The van der Waals surface area contributed by atoms with Crippen LogP contribution in [0, 0.1) is 13.8 Å². The molecule has 1 aromatic heterocycles. The Morgan fingerprint density at radius 3 is 2.80 bits per heavy atom. The van der Waals surface area contributed by atoms with Crippen LogP contribution in [0.4, 0.5) is 0 Å². The molecule has 0 atom stereocenters. The van der Waals surface area contributed by atoms with E-state index in [1.807, 2.05) is 6.92 Å². The molecular formula is C12H15N3. The van der Waals surface area contributed by atoms with Crippen LogP contribution in [0.15, 0.2) is 24.3 Å². The first-order chi connectivity index (χ1) is 7.22. The van der Waals surface area contributed by atoms with E-state index in [0.29, 0.717) is 6.54 Å². The summed E-state index contributed by atoms with van der Waals surface area (Å²) < 4.78 is 0. The second-order valence-corrected chi connectivity index (χ2v) is 3.74. The molecule has 2 rings (SSSR count). The van der Waals surface area contributed by atoms with E-state index in [1.54, 1.807) is 0 Å². The van der Waals surface area contributed by atoms with E-state index in [2.05, 4.69) is 41.4 Å². The van der Waals surface area contributed by atoms with Crippen LogP contribution >= 0.6 is 0 Å². The fourth-order valence-electron chi connectivity index (χ4n) is 1.81. The van der Waals surface area contributed by atoms with Crippen molar-refractivity contribution in [2.75, 3.05) is 0 Å². The minimum atomic E-state index is 0.466. The second-order valence-electron chi connectivity index (χ2n) is 3.74. The molecule has 0 aliphatic rings. The molecule has 3 heteroatoms. The molecule has 0 radical (unpaired) electrons. The summed E-state index contributed by atoms with van der Waals surface area (Å²) in [6.45, 7) is 4.57. The first-order valence-corrected chi connectivity index (χ1v) is 5.03. The summed E-state index contributed by atoms with van der Waals surface area (Å²) in [5.74, 6) is 0. The second kappa shape index (κ2) is 3.87. The van der Waals surface area contributed by atoms with Crippen LogP contribution < -0.4 is 5.73 Å². The Bertz CT molecular complexity index is 471. The molecule has 3 N–H and O–H groups in total. The third-order valence-corrected chi connectivity index (χ3v) is 2.52. The number of nitrogens with two attached hydrogens (primary N) is 1. The molecule has 0 spiro atoms. The summed E-state index contributed by atoms with van der Waals surface area (Å²) in [5.41, 5.74) is 11.2. The van der Waals surface area contributed by atoms with Crippen LogP contribution in [0.2, 0.25) is 0 Å². The summed E-state index contributed by atoms with van der Waals surface area (Å²) in [6, 6.07) is 8.37. The van der Waals surface area contributed by atoms with Gasteiger partial charge in [-0.25, -0.2) is 0 Å². The van der Waals surface area contributed by atoms with Crippen molar-refractivity contribution in [1.82, 2.24) is 10.2 Å². The van der Waals surface area contributed by atoms with Crippen molar-refractivity contribution >= 4 is 0 Å². The van der Waals surface area contributed by atoms with Gasteiger partial charge in [0.2, 0.25) is 0 Å². The number of aromatic nitrogens is 2. The highest BCUT2D eigenvalue weighted by molar-refractivity contribution is 5.68. The molecular weight excluding hydrogens is 186 g/mol. The van der Waals surface area contributed by atoms with E-state index in [1.165, 1.54) is 11.1 Å². The molecule has 1 aromatic carbocycles. The number of H-pyrrole nitrogens is 1. The minimum Gasteiger partial charge on any atom is -0.325 e. The molecule has 15 heavy (non-hydrogen) atoms. The van der Waals surface area contributed by atoms with Gasteiger partial charge in [-0.15, -0.1) is 0 Å². The third-order valence-electron chi connectivity index (χ3n) is 2.52. The normalized spacial score (nSPS) is 10.6. The van der Waals surface area contributed by atoms with E-state index < -0.39 is 0 Å². The molecule has 2 aromatic rings. The standard InChI is InChI=1S/C12H15N3/c1-8-4-3-5-10(6-8)12-9(2)14-15-11(12)7-13/h3-6H,7,13H2,1-2H3,(H,14,15). The summed E-state index contributed by atoms with van der Waals surface area (Å²) in [6.07, 6.45) is 0. The summed E-state index contributed by atoms with van der Waals surface area (Å²) in [7, 11) is 0. The highest BCUT2D eigenvalue weighted by atomic mass is 15.1. The van der Waals surface area contributed by atoms with Gasteiger partial charge in [-0.3, -0.25) is 5.10 Å². The predicted octanol–water partition coefficient (Wildman–Crippen LogP) is 2.15. The number of benzene rings is 1. The first kappa shape index (κ1) is 9.93. The molecule has 1 heterocycles. The molecule has 0 saturated carbocycles. The van der Waals surface area contributed by atoms with Gasteiger partial charge >= 0.3 is 0 Å². The molecule has 0 bridgehead atoms. The van der Waals surface area contributed by atoms with Crippen molar-refractivity contribution in [2.24, 2.45) is 5.73 Å². The van der Waals surface area contributed by atoms with Crippen LogP contribution in [-0.4, -0.2) is 10.2 Å². The van der Waals surface area contributed by atoms with Gasteiger partial charge in [0.1, 0.15) is 0 Å². The zero-order valence-electron chi connectivity index (χ0n) is 9.04. The van der Waals surface area contributed by atoms with Crippen LogP contribution in [-0.2, 0) is 6.54 Å². The Morgan fingerprint density at radius 2 is 2.13 bits per heavy atom. The SMILES string of the molecule is Cc1cccc(-c2c(CN)n[nH]c2C)c1. The maximum atomic E-state index is 5.66. The molecule has 0 aliphatic carbocycles. The van der Waals surface area contributed by atoms with E-state index in [9.17, 15) is 0 Å². The predicted molar refractivity (Wildman–Crippen MR) is 61.4 cm³/mol. The highest BCUT2D eigenvalue weighted by Crippen LogP contribution is 2.25. The third kappa shape index (κ3) is 1.78. The average molecular weight is 201 g/mol. The number of aryl methyl sites for hydroxylation is 2. The smallest absolute Gasteiger partial charge is 0.0838 e. The Morgan fingerprint density at radius 1 is 1.33 bits per heavy atom. The monoisotopic (exact) mass is 201 g/mol. The molecule has 0 amide bonds. The van der Waals surface area contributed by atoms with Gasteiger partial charge in [0.15, 0.2) is 0 Å². The largest absolute Gasteiger partial charge is 0.325 e. The number of nitrogens with zero attached hydrogens (tertiary/aromatic N) is 1. The van der Waals surface area contributed by atoms with Gasteiger partial charge in [0.25, 0.3) is 0 Å². The van der Waals surface area contributed by atoms with Crippen molar-refractivity contribution in [3.05, 3.63) is 41.2 Å². The fourth-order valence-corrected chi connectivity index (χ4v) is 1.81. The zero-order valence-corrected chi connectivity index (χ0v) is 9.04. The molecule has 3 nitrogen and oxygen atoms in total. The molecule has 0 fully saturated rings. The molecule has 0 unspecified atom stereocenters. The average Bonchev–Trinajstić information content (AvgIpc) is 2.59. The number of nitrogens with one attached hydrogen (secondary N) is 1. The summed E-state index contributed by atoms with van der Waals surface area (Å²) >= 11 is 0. The topological polar surface area (TPSA) is 54.7 Å². The van der Waals surface area contributed by atoms with Crippen molar-refractivity contribution in [3.8, 4) is 11.1 Å². The van der Waals surface area contributed by atoms with E-state index in [0.717, 1.165) is 17.0 Å². The summed E-state index contributed by atoms with van der Waals surface area (Å²) in [5, 5.41) is 7.17. The van der Waals surface area contributed by atoms with Crippen LogP contribution in [0.1, 0.15) is 17.0 Å². The Labute approximate surface area is 89.3 Å². The maximum absolute atomic E-state index is 5.66. The van der Waals surface area contributed by atoms with Gasteiger partial charge in [0.05, 0.1) is 5.69 Å². The van der Waals surface area contributed by atoms with Crippen molar-refractivity contribution in [2.45, 2.75) is 20.4 Å². The Balaban J connectivity index is 2.57. The molecule has 78 valence electrons. The van der Waals surface area contributed by atoms with E-state index >= 15 is 0 Å². The minimum absolute atomic E-state index is 0.466. The van der Waals surface area contributed by atoms with Crippen LogP contribution in [0.3, 0.4) is 0 Å². The number of rotatable bonds is 2. The van der Waals surface area contributed by atoms with Gasteiger partial charge in [-0.1, -0.05) is 29.8 Å². The van der Waals surface area contributed by atoms with Crippen LogP contribution in [0.25, 0.3) is 11.1 Å². The highest BCUT2D eigenvalue weighted by Gasteiger charge is 2.10. The van der Waals surface area contributed by atoms with Crippen molar-refractivity contribution in [3.63, 3.8) is 0 Å². The number of hydrogen-bond donors (Lipinski definition) is 2. The lowest BCUT2D eigenvalue weighted by molar-refractivity contribution is 0.940. The van der Waals surface area contributed by atoms with E-state index in [-0.39, 0.29) is 0 Å². The van der Waals surface area contributed by atoms with Crippen molar-refractivity contribution < 1.29 is 0 Å². The zero-order chi connectivity index (χ0) is 10.8. The first-order valence-electron chi connectivity index (χ1n) is 5.03. The van der Waals surface area contributed by atoms with Gasteiger partial charge in [-0.05, 0) is 19.4 Å². The van der Waals surface area contributed by atoms with Gasteiger partial charge in [0, 0.05) is 17.8 Å². The Hall–Kier alpha value is -1.61. The quantitative estimate of drug-likeness (QED) is 0.782. The lowest BCUT2D eigenvalue weighted by Gasteiger charge is -2.03. The van der Waals surface area contributed by atoms with E-state index in [4.69, 9.17) is 5.73 Å². The number of aromatic amines is 1. The summed E-state index contributed by atoms with van der Waals surface area (Å²) in [4.78, 5) is 0. The fraction of sp³-hybridized carbons (Fsp3) is 0.250. The lowest BCUT2D eigenvalue weighted by Crippen LogP contribution is -1.98.